The highest BCUT2D eigenvalue weighted by molar-refractivity contribution is 5.78. The molecule has 0 aromatic carbocycles. The zero-order chi connectivity index (χ0) is 15.2. The second-order valence-electron chi connectivity index (χ2n) is 6.62. The number of aliphatic carboxylic acids is 1. The molecule has 2 unspecified atom stereocenters. The summed E-state index contributed by atoms with van der Waals surface area (Å²) in [4.78, 5) is 25.2. The van der Waals surface area contributed by atoms with Gasteiger partial charge in [-0.25, -0.2) is 0 Å². The normalized spacial score (nSPS) is 27.6. The Morgan fingerprint density at radius 2 is 1.95 bits per heavy atom. The molecule has 2 aliphatic heterocycles. The summed E-state index contributed by atoms with van der Waals surface area (Å²) in [5.74, 6) is -0.0764. The molecule has 5 heteroatoms. The van der Waals surface area contributed by atoms with Crippen LogP contribution in [0.25, 0.3) is 0 Å². The van der Waals surface area contributed by atoms with Crippen LogP contribution in [0.2, 0.25) is 0 Å². The van der Waals surface area contributed by atoms with Crippen LogP contribution in [0.1, 0.15) is 45.4 Å². The molecule has 2 aliphatic rings. The lowest BCUT2D eigenvalue weighted by Gasteiger charge is -2.35. The van der Waals surface area contributed by atoms with E-state index in [0.29, 0.717) is 31.8 Å². The highest BCUT2D eigenvalue weighted by atomic mass is 16.5. The monoisotopic (exact) mass is 297 g/mol. The molecule has 0 spiro atoms. The quantitative estimate of drug-likeness (QED) is 0.844. The number of carbonyl (C=O) groups excluding carboxylic acids is 1. The fraction of sp³-hybridized carbons (Fsp3) is 0.875. The third-order valence-electron chi connectivity index (χ3n) is 4.71. The maximum Gasteiger partial charge on any atom is 0.308 e. The molecule has 2 rings (SSSR count). The first kappa shape index (κ1) is 16.3. The molecule has 2 heterocycles. The van der Waals surface area contributed by atoms with Crippen molar-refractivity contribution in [1.29, 1.82) is 0 Å². The van der Waals surface area contributed by atoms with Gasteiger partial charge in [0.2, 0.25) is 5.91 Å². The molecule has 2 atom stereocenters. The second-order valence-corrected chi connectivity index (χ2v) is 6.62. The van der Waals surface area contributed by atoms with Crippen LogP contribution in [0.15, 0.2) is 0 Å². The Morgan fingerprint density at radius 1 is 1.24 bits per heavy atom. The Morgan fingerprint density at radius 3 is 2.62 bits per heavy atom. The van der Waals surface area contributed by atoms with Crippen molar-refractivity contribution in [2.24, 2.45) is 17.8 Å². The van der Waals surface area contributed by atoms with E-state index in [9.17, 15) is 9.59 Å². The summed E-state index contributed by atoms with van der Waals surface area (Å²) in [6.45, 7) is 4.82. The predicted molar refractivity (Wildman–Crippen MR) is 78.9 cm³/mol. The van der Waals surface area contributed by atoms with Crippen molar-refractivity contribution in [2.75, 3.05) is 26.3 Å². The largest absolute Gasteiger partial charge is 0.481 e. The first-order valence-corrected chi connectivity index (χ1v) is 8.14. The second kappa shape index (κ2) is 7.78. The molecule has 21 heavy (non-hydrogen) atoms. The van der Waals surface area contributed by atoms with Gasteiger partial charge >= 0.3 is 5.97 Å². The van der Waals surface area contributed by atoms with Crippen LogP contribution in [-0.4, -0.2) is 48.2 Å². The topological polar surface area (TPSA) is 66.8 Å². The molecule has 0 saturated carbocycles. The van der Waals surface area contributed by atoms with Gasteiger partial charge in [0.05, 0.1) is 5.92 Å². The number of ether oxygens (including phenoxy) is 1. The van der Waals surface area contributed by atoms with Crippen molar-refractivity contribution < 1.29 is 19.4 Å². The fourth-order valence-corrected chi connectivity index (χ4v) is 3.47. The molecule has 1 N–H and O–H groups in total. The van der Waals surface area contributed by atoms with Crippen LogP contribution in [-0.2, 0) is 14.3 Å². The van der Waals surface area contributed by atoms with Gasteiger partial charge in [0.1, 0.15) is 0 Å². The standard InChI is InChI=1S/C16H27NO4/c1-12-9-14(16(19)20)11-17(10-12)15(18)4-2-3-13-5-7-21-8-6-13/h12-14H,2-11H2,1H3,(H,19,20). The van der Waals surface area contributed by atoms with Gasteiger partial charge in [0.15, 0.2) is 0 Å². The average Bonchev–Trinajstić information content (AvgIpc) is 2.47. The summed E-state index contributed by atoms with van der Waals surface area (Å²) >= 11 is 0. The van der Waals surface area contributed by atoms with Gasteiger partial charge in [-0.15, -0.1) is 0 Å². The van der Waals surface area contributed by atoms with Gasteiger partial charge in [0.25, 0.3) is 0 Å². The van der Waals surface area contributed by atoms with Crippen LogP contribution in [0.3, 0.4) is 0 Å². The van der Waals surface area contributed by atoms with Crippen LogP contribution in [0, 0.1) is 17.8 Å². The number of piperidine rings is 1. The molecule has 0 aromatic rings. The van der Waals surface area contributed by atoms with Crippen molar-refractivity contribution in [3.8, 4) is 0 Å². The van der Waals surface area contributed by atoms with E-state index in [1.54, 1.807) is 4.90 Å². The number of carboxylic acids is 1. The Labute approximate surface area is 126 Å². The minimum atomic E-state index is -0.776. The van der Waals surface area contributed by atoms with Gasteiger partial charge < -0.3 is 14.7 Å². The molecule has 0 bridgehead atoms. The maximum absolute atomic E-state index is 12.3. The van der Waals surface area contributed by atoms with E-state index in [2.05, 4.69) is 0 Å². The number of carboxylic acid groups (broad SMARTS) is 1. The third kappa shape index (κ3) is 4.99. The van der Waals surface area contributed by atoms with Crippen LogP contribution in [0.4, 0.5) is 0 Å². The number of nitrogens with zero attached hydrogens (tertiary/aromatic N) is 1. The predicted octanol–water partition coefficient (Wildman–Crippen LogP) is 2.15. The van der Waals surface area contributed by atoms with Gasteiger partial charge in [-0.05, 0) is 43.9 Å². The highest BCUT2D eigenvalue weighted by Gasteiger charge is 2.31. The van der Waals surface area contributed by atoms with E-state index in [-0.39, 0.29) is 11.8 Å². The van der Waals surface area contributed by atoms with Crippen molar-refractivity contribution in [3.05, 3.63) is 0 Å². The average molecular weight is 297 g/mol. The third-order valence-corrected chi connectivity index (χ3v) is 4.71. The van der Waals surface area contributed by atoms with Crippen LogP contribution < -0.4 is 0 Å². The summed E-state index contributed by atoms with van der Waals surface area (Å²) < 4.78 is 5.34. The zero-order valence-corrected chi connectivity index (χ0v) is 12.9. The summed E-state index contributed by atoms with van der Waals surface area (Å²) in [6.07, 6.45) is 5.44. The number of rotatable bonds is 5. The van der Waals surface area contributed by atoms with E-state index < -0.39 is 11.9 Å². The smallest absolute Gasteiger partial charge is 0.308 e. The molecule has 0 radical (unpaired) electrons. The maximum atomic E-state index is 12.3. The highest BCUT2D eigenvalue weighted by Crippen LogP contribution is 2.24. The van der Waals surface area contributed by atoms with E-state index in [1.807, 2.05) is 6.92 Å². The first-order valence-electron chi connectivity index (χ1n) is 8.14. The summed E-state index contributed by atoms with van der Waals surface area (Å²) in [7, 11) is 0. The Balaban J connectivity index is 1.72. The minimum Gasteiger partial charge on any atom is -0.481 e. The number of carbonyl (C=O) groups is 2. The number of hydrogen-bond donors (Lipinski definition) is 1. The number of likely N-dealkylation sites (tertiary alicyclic amines) is 1. The Kier molecular flexibility index (Phi) is 6.03. The molecule has 1 amide bonds. The molecule has 2 saturated heterocycles. The molecular weight excluding hydrogens is 270 g/mol. The van der Waals surface area contributed by atoms with E-state index >= 15 is 0 Å². The van der Waals surface area contributed by atoms with Crippen LogP contribution >= 0.6 is 0 Å². The Hall–Kier alpha value is -1.10. The molecular formula is C16H27NO4. The zero-order valence-electron chi connectivity index (χ0n) is 12.9. The summed E-state index contributed by atoms with van der Waals surface area (Å²) in [5.41, 5.74) is 0. The lowest BCUT2D eigenvalue weighted by molar-refractivity contribution is -0.146. The molecule has 0 aromatic heterocycles. The van der Waals surface area contributed by atoms with Gasteiger partial charge in [-0.1, -0.05) is 6.92 Å². The summed E-state index contributed by atoms with van der Waals surface area (Å²) in [5, 5.41) is 9.15. The van der Waals surface area contributed by atoms with Crippen molar-refractivity contribution in [2.45, 2.75) is 45.4 Å². The van der Waals surface area contributed by atoms with E-state index in [4.69, 9.17) is 9.84 Å². The lowest BCUT2D eigenvalue weighted by Crippen LogP contribution is -2.45. The van der Waals surface area contributed by atoms with E-state index in [0.717, 1.165) is 38.9 Å². The molecule has 0 aliphatic carbocycles. The van der Waals surface area contributed by atoms with Crippen LogP contribution in [0.5, 0.6) is 0 Å². The fourth-order valence-electron chi connectivity index (χ4n) is 3.47. The number of amides is 1. The lowest BCUT2D eigenvalue weighted by atomic mass is 9.90. The summed E-state index contributed by atoms with van der Waals surface area (Å²) in [6, 6.07) is 0. The first-order chi connectivity index (χ1) is 10.1. The van der Waals surface area contributed by atoms with Gasteiger partial charge in [-0.3, -0.25) is 9.59 Å². The minimum absolute atomic E-state index is 0.125. The Bertz CT molecular complexity index is 365. The van der Waals surface area contributed by atoms with E-state index in [1.165, 1.54) is 0 Å². The SMILES string of the molecule is CC1CC(C(=O)O)CN(C(=O)CCCC2CCOCC2)C1. The molecule has 5 nitrogen and oxygen atoms in total. The van der Waals surface area contributed by atoms with Crippen molar-refractivity contribution in [1.82, 2.24) is 4.90 Å². The van der Waals surface area contributed by atoms with Crippen molar-refractivity contribution in [3.63, 3.8) is 0 Å². The van der Waals surface area contributed by atoms with Gasteiger partial charge in [0, 0.05) is 32.7 Å². The van der Waals surface area contributed by atoms with Crippen molar-refractivity contribution >= 4 is 11.9 Å². The molecule has 120 valence electrons. The molecule has 2 fully saturated rings. The number of hydrogen-bond acceptors (Lipinski definition) is 3. The van der Waals surface area contributed by atoms with Gasteiger partial charge in [-0.2, -0.15) is 0 Å².